The Morgan fingerprint density at radius 3 is 2.43 bits per heavy atom. The number of benzene rings is 1. The molecule has 1 aromatic heterocycles. The van der Waals surface area contributed by atoms with Crippen LogP contribution in [0.5, 0.6) is 0 Å². The first-order chi connectivity index (χ1) is 9.73. The van der Waals surface area contributed by atoms with Gasteiger partial charge in [-0.2, -0.15) is 0 Å². The first-order valence-corrected chi connectivity index (χ1v) is 7.49. The molecule has 112 valence electrons. The minimum atomic E-state index is -4.08. The summed E-state index contributed by atoms with van der Waals surface area (Å²) in [7, 11) is -4.08. The number of hydrogen-bond acceptors (Lipinski definition) is 6. The third-order valence-corrected chi connectivity index (χ3v) is 3.56. The zero-order chi connectivity index (χ0) is 15.8. The third kappa shape index (κ3) is 2.76. The van der Waals surface area contributed by atoms with Gasteiger partial charge in [-0.3, -0.25) is 14.7 Å². The van der Waals surface area contributed by atoms with Crippen LogP contribution in [0.2, 0.25) is 0 Å². The van der Waals surface area contributed by atoms with Crippen LogP contribution in [-0.2, 0) is 10.0 Å². The molecule has 0 fully saturated rings. The Morgan fingerprint density at radius 1 is 1.29 bits per heavy atom. The van der Waals surface area contributed by atoms with Gasteiger partial charge in [0.05, 0.1) is 10.5 Å². The van der Waals surface area contributed by atoms with E-state index < -0.39 is 20.1 Å². The van der Waals surface area contributed by atoms with Crippen molar-refractivity contribution in [2.75, 3.05) is 0 Å². The van der Waals surface area contributed by atoms with E-state index in [1.807, 2.05) is 0 Å². The highest BCUT2D eigenvalue weighted by Crippen LogP contribution is 2.31. The molecule has 21 heavy (non-hydrogen) atoms. The minimum absolute atomic E-state index is 0.0846. The monoisotopic (exact) mass is 311 g/mol. The molecular weight excluding hydrogens is 298 g/mol. The van der Waals surface area contributed by atoms with Gasteiger partial charge in [0, 0.05) is 12.1 Å². The second kappa shape index (κ2) is 5.22. The maximum atomic E-state index is 11.5. The summed E-state index contributed by atoms with van der Waals surface area (Å²) in [6.45, 7) is 3.41. The Kier molecular flexibility index (Phi) is 3.75. The number of nitro benzene ring substituents is 1. The fourth-order valence-corrected chi connectivity index (χ4v) is 2.67. The van der Waals surface area contributed by atoms with E-state index in [2.05, 4.69) is 10.2 Å². The average molecular weight is 311 g/mol. The largest absolute Gasteiger partial charge is 0.294 e. The predicted octanol–water partition coefficient (Wildman–Crippen LogP) is 1.08. The molecule has 0 unspecified atom stereocenters. The van der Waals surface area contributed by atoms with Crippen molar-refractivity contribution in [3.05, 3.63) is 34.4 Å². The first-order valence-electron chi connectivity index (χ1n) is 5.95. The van der Waals surface area contributed by atoms with Crippen LogP contribution in [0.25, 0.3) is 11.4 Å². The molecule has 9 nitrogen and oxygen atoms in total. The Bertz CT molecular complexity index is 797. The number of aromatic nitrogens is 3. The van der Waals surface area contributed by atoms with Gasteiger partial charge in [0.25, 0.3) is 20.9 Å². The van der Waals surface area contributed by atoms with E-state index in [-0.39, 0.29) is 23.1 Å². The highest BCUT2D eigenvalue weighted by atomic mass is 32.2. The number of nitro groups is 1. The van der Waals surface area contributed by atoms with Gasteiger partial charge in [-0.05, 0) is 19.9 Å². The van der Waals surface area contributed by atoms with Gasteiger partial charge in [-0.1, -0.05) is 12.1 Å². The standard InChI is InChI=1S/C11H13N5O4S/c1-7(2)15-10(13-14-11(15)21(12,19)20)8-5-3-4-6-9(8)16(17)18/h3-7H,1-2H3,(H2,12,19,20). The highest BCUT2D eigenvalue weighted by molar-refractivity contribution is 7.89. The molecule has 0 bridgehead atoms. The topological polar surface area (TPSA) is 134 Å². The first kappa shape index (κ1) is 15.1. The van der Waals surface area contributed by atoms with Crippen LogP contribution < -0.4 is 5.14 Å². The zero-order valence-corrected chi connectivity index (χ0v) is 12.1. The van der Waals surface area contributed by atoms with E-state index in [0.717, 1.165) is 0 Å². The number of para-hydroxylation sites is 1. The van der Waals surface area contributed by atoms with Crippen LogP contribution in [0, 0.1) is 10.1 Å². The second-order valence-electron chi connectivity index (χ2n) is 4.59. The fourth-order valence-electron chi connectivity index (χ4n) is 1.94. The van der Waals surface area contributed by atoms with E-state index >= 15 is 0 Å². The van der Waals surface area contributed by atoms with Crippen LogP contribution >= 0.6 is 0 Å². The van der Waals surface area contributed by atoms with Gasteiger partial charge in [0.15, 0.2) is 5.82 Å². The molecule has 0 radical (unpaired) electrons. The number of primary sulfonamides is 1. The quantitative estimate of drug-likeness (QED) is 0.663. The smallest absolute Gasteiger partial charge is 0.280 e. The van der Waals surface area contributed by atoms with Crippen molar-refractivity contribution in [2.24, 2.45) is 5.14 Å². The van der Waals surface area contributed by atoms with Crippen LogP contribution in [0.1, 0.15) is 19.9 Å². The molecule has 0 atom stereocenters. The number of rotatable bonds is 4. The number of sulfonamides is 1. The molecule has 2 aromatic rings. The van der Waals surface area contributed by atoms with Crippen molar-refractivity contribution in [1.82, 2.24) is 14.8 Å². The third-order valence-electron chi connectivity index (χ3n) is 2.78. The van der Waals surface area contributed by atoms with Gasteiger partial charge in [-0.25, -0.2) is 13.6 Å². The summed E-state index contributed by atoms with van der Waals surface area (Å²) in [5, 5.41) is 23.1. The summed E-state index contributed by atoms with van der Waals surface area (Å²) in [5.74, 6) is 0.0846. The summed E-state index contributed by atoms with van der Waals surface area (Å²) in [6.07, 6.45) is 0. The molecule has 2 N–H and O–H groups in total. The average Bonchev–Trinajstić information content (AvgIpc) is 2.83. The summed E-state index contributed by atoms with van der Waals surface area (Å²) in [4.78, 5) is 10.5. The Labute approximate surface area is 120 Å². The summed E-state index contributed by atoms with van der Waals surface area (Å²) in [6, 6.07) is 5.55. The SMILES string of the molecule is CC(C)n1c(-c2ccccc2[N+](=O)[O-])nnc1S(N)(=O)=O. The Hall–Kier alpha value is -2.33. The second-order valence-corrected chi connectivity index (χ2v) is 6.04. The van der Waals surface area contributed by atoms with Crippen LogP contribution in [0.4, 0.5) is 5.69 Å². The van der Waals surface area contributed by atoms with E-state index in [4.69, 9.17) is 5.14 Å². The zero-order valence-electron chi connectivity index (χ0n) is 11.3. The van der Waals surface area contributed by atoms with Crippen LogP contribution in [0.15, 0.2) is 29.4 Å². The van der Waals surface area contributed by atoms with Crippen molar-refractivity contribution in [2.45, 2.75) is 25.0 Å². The molecule has 2 rings (SSSR count). The normalized spacial score (nSPS) is 11.8. The molecular formula is C11H13N5O4S. The lowest BCUT2D eigenvalue weighted by atomic mass is 10.1. The van der Waals surface area contributed by atoms with Gasteiger partial charge >= 0.3 is 0 Å². The summed E-state index contributed by atoms with van der Waals surface area (Å²) < 4.78 is 24.3. The molecule has 0 amide bonds. The molecule has 10 heteroatoms. The number of nitrogens with zero attached hydrogens (tertiary/aromatic N) is 4. The molecule has 0 aliphatic rings. The lowest BCUT2D eigenvalue weighted by Crippen LogP contribution is -2.20. The number of hydrogen-bond donors (Lipinski definition) is 1. The lowest BCUT2D eigenvalue weighted by molar-refractivity contribution is -0.384. The van der Waals surface area contributed by atoms with Gasteiger partial charge in [-0.15, -0.1) is 10.2 Å². The molecule has 0 saturated heterocycles. The molecule has 0 aliphatic carbocycles. The van der Waals surface area contributed by atoms with Crippen molar-refractivity contribution in [3.8, 4) is 11.4 Å². The summed E-state index contributed by atoms with van der Waals surface area (Å²) >= 11 is 0. The predicted molar refractivity (Wildman–Crippen MR) is 73.9 cm³/mol. The summed E-state index contributed by atoms with van der Waals surface area (Å²) in [5.41, 5.74) is -0.00799. The minimum Gasteiger partial charge on any atom is -0.294 e. The highest BCUT2D eigenvalue weighted by Gasteiger charge is 2.27. The van der Waals surface area contributed by atoms with Crippen molar-refractivity contribution < 1.29 is 13.3 Å². The van der Waals surface area contributed by atoms with E-state index in [9.17, 15) is 18.5 Å². The van der Waals surface area contributed by atoms with Gasteiger partial charge in [0.2, 0.25) is 0 Å². The van der Waals surface area contributed by atoms with Crippen LogP contribution in [0.3, 0.4) is 0 Å². The molecule has 1 aromatic carbocycles. The molecule has 0 saturated carbocycles. The maximum absolute atomic E-state index is 11.5. The Morgan fingerprint density at radius 2 is 1.90 bits per heavy atom. The lowest BCUT2D eigenvalue weighted by Gasteiger charge is -2.12. The molecule has 1 heterocycles. The Balaban J connectivity index is 2.78. The van der Waals surface area contributed by atoms with Crippen molar-refractivity contribution in [1.29, 1.82) is 0 Å². The van der Waals surface area contributed by atoms with E-state index in [1.54, 1.807) is 19.9 Å². The van der Waals surface area contributed by atoms with Gasteiger partial charge in [0.1, 0.15) is 0 Å². The maximum Gasteiger partial charge on any atom is 0.280 e. The van der Waals surface area contributed by atoms with Crippen molar-refractivity contribution >= 4 is 15.7 Å². The molecule has 0 aliphatic heterocycles. The number of nitrogens with two attached hydrogens (primary N) is 1. The van der Waals surface area contributed by atoms with Gasteiger partial charge < -0.3 is 0 Å². The van der Waals surface area contributed by atoms with Crippen LogP contribution in [-0.4, -0.2) is 28.1 Å². The van der Waals surface area contributed by atoms with E-state index in [0.29, 0.717) is 0 Å². The fraction of sp³-hybridized carbons (Fsp3) is 0.273. The molecule has 0 spiro atoms. The van der Waals surface area contributed by atoms with E-state index in [1.165, 1.54) is 22.8 Å². The van der Waals surface area contributed by atoms with Crippen molar-refractivity contribution in [3.63, 3.8) is 0 Å².